The Kier molecular flexibility index (Phi) is 6.26. The van der Waals surface area contributed by atoms with Crippen LogP contribution in [-0.4, -0.2) is 23.8 Å². The van der Waals surface area contributed by atoms with Crippen LogP contribution >= 0.6 is 0 Å². The molecular formula is C13H27NO. The van der Waals surface area contributed by atoms with E-state index in [1.54, 1.807) is 0 Å². The molecule has 0 aliphatic heterocycles. The van der Waals surface area contributed by atoms with Gasteiger partial charge in [0.05, 0.1) is 6.10 Å². The number of nitrogens with one attached hydrogen (secondary N) is 1. The molecule has 1 aliphatic carbocycles. The zero-order chi connectivity index (χ0) is 11.1. The van der Waals surface area contributed by atoms with Gasteiger partial charge in [0.15, 0.2) is 0 Å². The van der Waals surface area contributed by atoms with E-state index in [-0.39, 0.29) is 6.10 Å². The van der Waals surface area contributed by atoms with Gasteiger partial charge in [-0.3, -0.25) is 0 Å². The van der Waals surface area contributed by atoms with Gasteiger partial charge in [-0.2, -0.15) is 0 Å². The van der Waals surface area contributed by atoms with Crippen molar-refractivity contribution in [3.8, 4) is 0 Å². The highest BCUT2D eigenvalue weighted by molar-refractivity contribution is 4.77. The molecule has 0 saturated heterocycles. The molecule has 3 unspecified atom stereocenters. The molecular weight excluding hydrogens is 186 g/mol. The second kappa shape index (κ2) is 7.24. The molecule has 0 aromatic heterocycles. The second-order valence-electron chi connectivity index (χ2n) is 4.94. The summed E-state index contributed by atoms with van der Waals surface area (Å²) in [5.74, 6) is 0.937. The lowest BCUT2D eigenvalue weighted by Gasteiger charge is -2.29. The summed E-state index contributed by atoms with van der Waals surface area (Å²) < 4.78 is 0. The van der Waals surface area contributed by atoms with Crippen LogP contribution in [-0.2, 0) is 0 Å². The van der Waals surface area contributed by atoms with Crippen molar-refractivity contribution in [2.45, 2.75) is 70.9 Å². The van der Waals surface area contributed by atoms with Crippen LogP contribution in [0.25, 0.3) is 0 Å². The first kappa shape index (κ1) is 13.0. The fraction of sp³-hybridized carbons (Fsp3) is 1.00. The van der Waals surface area contributed by atoms with Crippen molar-refractivity contribution in [3.05, 3.63) is 0 Å². The van der Waals surface area contributed by atoms with Crippen LogP contribution in [0.3, 0.4) is 0 Å². The smallest absolute Gasteiger partial charge is 0.0549 e. The predicted molar refractivity (Wildman–Crippen MR) is 65.0 cm³/mol. The summed E-state index contributed by atoms with van der Waals surface area (Å²) in [6.45, 7) is 5.32. The summed E-state index contributed by atoms with van der Waals surface area (Å²) in [6.07, 6.45) is 8.49. The molecule has 0 aromatic carbocycles. The molecule has 1 saturated carbocycles. The summed E-state index contributed by atoms with van der Waals surface area (Å²) in [5.41, 5.74) is 0. The lowest BCUT2D eigenvalue weighted by molar-refractivity contribution is 0.156. The Morgan fingerprint density at radius 1 is 1.33 bits per heavy atom. The fourth-order valence-corrected chi connectivity index (χ4v) is 2.51. The van der Waals surface area contributed by atoms with Crippen molar-refractivity contribution >= 4 is 0 Å². The number of aliphatic hydroxyl groups excluding tert-OH is 1. The van der Waals surface area contributed by atoms with E-state index in [1.165, 1.54) is 32.1 Å². The molecule has 1 aliphatic rings. The highest BCUT2D eigenvalue weighted by Gasteiger charge is 2.19. The van der Waals surface area contributed by atoms with E-state index in [9.17, 15) is 5.11 Å². The van der Waals surface area contributed by atoms with E-state index in [0.29, 0.717) is 6.04 Å². The summed E-state index contributed by atoms with van der Waals surface area (Å²) in [4.78, 5) is 0. The van der Waals surface area contributed by atoms with Crippen LogP contribution < -0.4 is 5.32 Å². The third-order valence-electron chi connectivity index (χ3n) is 3.74. The Morgan fingerprint density at radius 3 is 2.80 bits per heavy atom. The second-order valence-corrected chi connectivity index (χ2v) is 4.94. The normalized spacial score (nSPS) is 29.0. The maximum atomic E-state index is 9.45. The minimum absolute atomic E-state index is 0.108. The van der Waals surface area contributed by atoms with Crippen LogP contribution in [0.4, 0.5) is 0 Å². The van der Waals surface area contributed by atoms with Crippen molar-refractivity contribution in [2.75, 3.05) is 6.54 Å². The van der Waals surface area contributed by atoms with Crippen LogP contribution in [0.1, 0.15) is 58.8 Å². The van der Waals surface area contributed by atoms with Gasteiger partial charge in [0.1, 0.15) is 0 Å². The predicted octanol–water partition coefficient (Wildman–Crippen LogP) is 2.71. The molecule has 2 N–H and O–H groups in total. The zero-order valence-corrected chi connectivity index (χ0v) is 10.3. The molecule has 1 fully saturated rings. The quantitative estimate of drug-likeness (QED) is 0.711. The lowest BCUT2D eigenvalue weighted by Crippen LogP contribution is -2.35. The van der Waals surface area contributed by atoms with Gasteiger partial charge in [0.2, 0.25) is 0 Å². The number of hydrogen-bond acceptors (Lipinski definition) is 2. The summed E-state index contributed by atoms with van der Waals surface area (Å²) >= 11 is 0. The highest BCUT2D eigenvalue weighted by Crippen LogP contribution is 2.26. The Hall–Kier alpha value is -0.0800. The highest BCUT2D eigenvalue weighted by atomic mass is 16.3. The first-order valence-electron chi connectivity index (χ1n) is 6.67. The van der Waals surface area contributed by atoms with Gasteiger partial charge in [0, 0.05) is 6.04 Å². The molecule has 2 nitrogen and oxygen atoms in total. The van der Waals surface area contributed by atoms with Gasteiger partial charge < -0.3 is 10.4 Å². The minimum atomic E-state index is -0.108. The molecule has 0 amide bonds. The van der Waals surface area contributed by atoms with Crippen molar-refractivity contribution < 1.29 is 5.11 Å². The van der Waals surface area contributed by atoms with E-state index < -0.39 is 0 Å². The molecule has 0 aromatic rings. The molecule has 2 heteroatoms. The van der Waals surface area contributed by atoms with Crippen molar-refractivity contribution in [1.29, 1.82) is 0 Å². The topological polar surface area (TPSA) is 32.3 Å². The van der Waals surface area contributed by atoms with E-state index in [2.05, 4.69) is 12.2 Å². The number of hydrogen-bond donors (Lipinski definition) is 2. The third-order valence-corrected chi connectivity index (χ3v) is 3.74. The van der Waals surface area contributed by atoms with E-state index in [4.69, 9.17) is 0 Å². The molecule has 0 spiro atoms. The molecule has 0 radical (unpaired) electrons. The summed E-state index contributed by atoms with van der Waals surface area (Å²) in [5, 5.41) is 13.0. The Labute approximate surface area is 94.5 Å². The minimum Gasteiger partial charge on any atom is -0.393 e. The first-order chi connectivity index (χ1) is 7.26. The maximum Gasteiger partial charge on any atom is 0.0549 e. The first-order valence-corrected chi connectivity index (χ1v) is 6.67. The van der Waals surface area contributed by atoms with Crippen molar-refractivity contribution in [3.63, 3.8) is 0 Å². The van der Waals surface area contributed by atoms with Gasteiger partial charge in [-0.1, -0.05) is 33.1 Å². The SMILES string of the molecule is CCC(O)CCNC1CCCC(CC)C1. The lowest BCUT2D eigenvalue weighted by atomic mass is 9.84. The Balaban J connectivity index is 2.10. The third kappa shape index (κ3) is 4.98. The molecule has 15 heavy (non-hydrogen) atoms. The summed E-state index contributed by atoms with van der Waals surface area (Å²) in [7, 11) is 0. The van der Waals surface area contributed by atoms with Gasteiger partial charge in [-0.25, -0.2) is 0 Å². The Morgan fingerprint density at radius 2 is 2.13 bits per heavy atom. The zero-order valence-electron chi connectivity index (χ0n) is 10.3. The Bertz CT molecular complexity index is 161. The van der Waals surface area contributed by atoms with Crippen molar-refractivity contribution in [1.82, 2.24) is 5.32 Å². The van der Waals surface area contributed by atoms with Gasteiger partial charge >= 0.3 is 0 Å². The molecule has 0 heterocycles. The molecule has 3 atom stereocenters. The van der Waals surface area contributed by atoms with Crippen molar-refractivity contribution in [2.24, 2.45) is 5.92 Å². The standard InChI is InChI=1S/C13H27NO/c1-3-11-6-5-7-12(10-11)14-9-8-13(15)4-2/h11-15H,3-10H2,1-2H3. The summed E-state index contributed by atoms with van der Waals surface area (Å²) in [6, 6.07) is 0.716. The van der Waals surface area contributed by atoms with E-state index in [0.717, 1.165) is 25.3 Å². The van der Waals surface area contributed by atoms with Gasteiger partial charge in [-0.15, -0.1) is 0 Å². The number of rotatable bonds is 6. The van der Waals surface area contributed by atoms with Crippen LogP contribution in [0.5, 0.6) is 0 Å². The maximum absolute atomic E-state index is 9.45. The average molecular weight is 213 g/mol. The molecule has 90 valence electrons. The molecule has 1 rings (SSSR count). The monoisotopic (exact) mass is 213 g/mol. The van der Waals surface area contributed by atoms with E-state index in [1.807, 2.05) is 6.92 Å². The van der Waals surface area contributed by atoms with Gasteiger partial charge in [-0.05, 0) is 38.1 Å². The molecule has 0 bridgehead atoms. The van der Waals surface area contributed by atoms with Crippen LogP contribution in [0.2, 0.25) is 0 Å². The van der Waals surface area contributed by atoms with Crippen LogP contribution in [0, 0.1) is 5.92 Å². The van der Waals surface area contributed by atoms with Crippen LogP contribution in [0.15, 0.2) is 0 Å². The average Bonchev–Trinajstić information content (AvgIpc) is 2.29. The fourth-order valence-electron chi connectivity index (χ4n) is 2.51. The van der Waals surface area contributed by atoms with E-state index >= 15 is 0 Å². The largest absolute Gasteiger partial charge is 0.393 e. The number of aliphatic hydroxyl groups is 1. The van der Waals surface area contributed by atoms with Gasteiger partial charge in [0.25, 0.3) is 0 Å².